The van der Waals surface area contributed by atoms with Crippen molar-refractivity contribution in [2.45, 2.75) is 26.3 Å². The number of halogens is 1. The van der Waals surface area contributed by atoms with Crippen molar-refractivity contribution in [1.29, 1.82) is 5.26 Å². The second kappa shape index (κ2) is 7.16. The van der Waals surface area contributed by atoms with Gasteiger partial charge in [0.25, 0.3) is 0 Å². The molecule has 3 heterocycles. The van der Waals surface area contributed by atoms with Crippen LogP contribution in [0.25, 0.3) is 10.9 Å². The molecule has 0 bridgehead atoms. The maximum absolute atomic E-state index is 9.40. The first-order valence-corrected chi connectivity index (χ1v) is 10.3. The van der Waals surface area contributed by atoms with Gasteiger partial charge in [-0.2, -0.15) is 5.26 Å². The van der Waals surface area contributed by atoms with Gasteiger partial charge in [-0.25, -0.2) is 9.97 Å². The summed E-state index contributed by atoms with van der Waals surface area (Å²) in [5.41, 5.74) is 7.02. The molecule has 0 aliphatic carbocycles. The van der Waals surface area contributed by atoms with Crippen molar-refractivity contribution in [2.75, 3.05) is 11.4 Å². The Morgan fingerprint density at radius 3 is 2.67 bits per heavy atom. The molecule has 0 saturated heterocycles. The molecular weight excluding hydrogens is 394 g/mol. The number of hydrogen-bond donors (Lipinski definition) is 1. The van der Waals surface area contributed by atoms with Crippen molar-refractivity contribution >= 4 is 28.5 Å². The Morgan fingerprint density at radius 2 is 1.90 bits per heavy atom. The second-order valence-corrected chi connectivity index (χ2v) is 8.21. The maximum Gasteiger partial charge on any atom is 0.227 e. The Bertz CT molecular complexity index is 1300. The van der Waals surface area contributed by atoms with E-state index in [0.29, 0.717) is 11.6 Å². The summed E-state index contributed by atoms with van der Waals surface area (Å²) in [6.07, 6.45) is 0.844. The van der Waals surface area contributed by atoms with E-state index >= 15 is 0 Å². The smallest absolute Gasteiger partial charge is 0.227 e. The summed E-state index contributed by atoms with van der Waals surface area (Å²) in [5.74, 6) is 0.583. The first-order valence-electron chi connectivity index (χ1n) is 9.92. The van der Waals surface area contributed by atoms with Crippen LogP contribution in [0.3, 0.4) is 0 Å². The Kier molecular flexibility index (Phi) is 4.45. The van der Waals surface area contributed by atoms with Crippen LogP contribution in [0.15, 0.2) is 48.5 Å². The fourth-order valence-corrected chi connectivity index (χ4v) is 4.48. The minimum absolute atomic E-state index is 0.0751. The van der Waals surface area contributed by atoms with Gasteiger partial charge in [-0.3, -0.25) is 0 Å². The molecule has 1 aliphatic rings. The van der Waals surface area contributed by atoms with E-state index in [1.165, 1.54) is 11.1 Å². The molecule has 1 atom stereocenters. The van der Waals surface area contributed by atoms with Gasteiger partial charge in [0.05, 0.1) is 6.04 Å². The van der Waals surface area contributed by atoms with Crippen LogP contribution in [-0.2, 0) is 6.42 Å². The van der Waals surface area contributed by atoms with Crippen LogP contribution < -0.4 is 4.90 Å². The average Bonchev–Trinajstić information content (AvgIpc) is 3.11. The number of nitrogens with one attached hydrogen (secondary N) is 1. The summed E-state index contributed by atoms with van der Waals surface area (Å²) in [4.78, 5) is 15.0. The van der Waals surface area contributed by atoms with E-state index in [1.807, 2.05) is 25.1 Å². The molecular formula is C24H20ClN5. The highest BCUT2D eigenvalue weighted by molar-refractivity contribution is 6.31. The first-order chi connectivity index (χ1) is 14.5. The number of aromatic nitrogens is 3. The number of aryl methyl sites for hydroxylation is 2. The summed E-state index contributed by atoms with van der Waals surface area (Å²) in [6.45, 7) is 4.73. The van der Waals surface area contributed by atoms with Crippen molar-refractivity contribution < 1.29 is 0 Å². The molecule has 0 saturated carbocycles. The number of fused-ring (bicyclic) bond motifs is 3. The monoisotopic (exact) mass is 413 g/mol. The van der Waals surface area contributed by atoms with Crippen LogP contribution in [0, 0.1) is 25.2 Å². The molecule has 4 aromatic rings. The summed E-state index contributed by atoms with van der Waals surface area (Å²) >= 11 is 6.29. The maximum atomic E-state index is 9.40. The zero-order valence-electron chi connectivity index (χ0n) is 16.8. The van der Waals surface area contributed by atoms with E-state index < -0.39 is 0 Å². The molecule has 1 aliphatic heterocycles. The van der Waals surface area contributed by atoms with Gasteiger partial charge in [-0.05, 0) is 55.7 Å². The molecule has 1 N–H and O–H groups in total. The van der Waals surface area contributed by atoms with Gasteiger partial charge in [0.2, 0.25) is 5.95 Å². The SMILES string of the molecule is Cc1ccc(C2c3[nH]c4ccc(Cl)cc4c3CCN2c2nc(C)cc(C#N)n2)cc1. The largest absolute Gasteiger partial charge is 0.356 e. The summed E-state index contributed by atoms with van der Waals surface area (Å²) in [5, 5.41) is 11.3. The van der Waals surface area contributed by atoms with Gasteiger partial charge in [0, 0.05) is 33.9 Å². The molecule has 2 aromatic carbocycles. The number of H-pyrrole nitrogens is 1. The third-order valence-electron chi connectivity index (χ3n) is 5.70. The number of nitrogens with zero attached hydrogens (tertiary/aromatic N) is 4. The van der Waals surface area contributed by atoms with E-state index in [-0.39, 0.29) is 6.04 Å². The molecule has 0 fully saturated rings. The van der Waals surface area contributed by atoms with Crippen LogP contribution in [-0.4, -0.2) is 21.5 Å². The highest BCUT2D eigenvalue weighted by Crippen LogP contribution is 2.40. The Morgan fingerprint density at radius 1 is 1.10 bits per heavy atom. The molecule has 5 nitrogen and oxygen atoms in total. The van der Waals surface area contributed by atoms with E-state index in [0.717, 1.165) is 45.8 Å². The number of nitriles is 1. The number of hydrogen-bond acceptors (Lipinski definition) is 4. The number of rotatable bonds is 2. The van der Waals surface area contributed by atoms with Crippen LogP contribution in [0.4, 0.5) is 5.95 Å². The topological polar surface area (TPSA) is 68.6 Å². The molecule has 30 heavy (non-hydrogen) atoms. The van der Waals surface area contributed by atoms with Crippen molar-refractivity contribution in [1.82, 2.24) is 15.0 Å². The van der Waals surface area contributed by atoms with Gasteiger partial charge >= 0.3 is 0 Å². The minimum Gasteiger partial charge on any atom is -0.356 e. The highest BCUT2D eigenvalue weighted by Gasteiger charge is 2.33. The summed E-state index contributed by atoms with van der Waals surface area (Å²) in [7, 11) is 0. The number of aromatic amines is 1. The van der Waals surface area contributed by atoms with E-state index in [2.05, 4.69) is 57.1 Å². The zero-order chi connectivity index (χ0) is 20.8. The molecule has 148 valence electrons. The standard InChI is InChI=1S/C24H20ClN5/c1-14-3-5-16(6-4-14)23-22-19(20-12-17(25)7-8-21(20)29-22)9-10-30(23)24-27-15(2)11-18(13-26)28-24/h3-8,11-12,23,29H,9-10H2,1-2H3. The lowest BCUT2D eigenvalue weighted by Gasteiger charge is -2.36. The number of benzene rings is 2. The molecule has 5 rings (SSSR count). The fourth-order valence-electron chi connectivity index (χ4n) is 4.31. The molecule has 0 amide bonds. The molecule has 1 unspecified atom stereocenters. The normalized spacial score (nSPS) is 15.8. The van der Waals surface area contributed by atoms with E-state index in [9.17, 15) is 5.26 Å². The van der Waals surface area contributed by atoms with Crippen LogP contribution in [0.5, 0.6) is 0 Å². The Balaban J connectivity index is 1.72. The zero-order valence-corrected chi connectivity index (χ0v) is 17.5. The molecule has 0 radical (unpaired) electrons. The van der Waals surface area contributed by atoms with Crippen LogP contribution in [0.2, 0.25) is 5.02 Å². The van der Waals surface area contributed by atoms with Gasteiger partial charge in [-0.1, -0.05) is 41.4 Å². The van der Waals surface area contributed by atoms with Gasteiger partial charge in [0.1, 0.15) is 11.8 Å². The van der Waals surface area contributed by atoms with Crippen molar-refractivity contribution in [3.05, 3.63) is 87.3 Å². The second-order valence-electron chi connectivity index (χ2n) is 7.77. The third-order valence-corrected chi connectivity index (χ3v) is 5.93. The Hall–Kier alpha value is -3.36. The van der Waals surface area contributed by atoms with Gasteiger partial charge in [-0.15, -0.1) is 0 Å². The molecule has 2 aromatic heterocycles. The summed E-state index contributed by atoms with van der Waals surface area (Å²) < 4.78 is 0. The van der Waals surface area contributed by atoms with Gasteiger partial charge in [0.15, 0.2) is 0 Å². The van der Waals surface area contributed by atoms with Crippen LogP contribution in [0.1, 0.15) is 39.8 Å². The number of anilines is 1. The van der Waals surface area contributed by atoms with Crippen molar-refractivity contribution in [3.63, 3.8) is 0 Å². The fraction of sp³-hybridized carbons (Fsp3) is 0.208. The van der Waals surface area contributed by atoms with Crippen LogP contribution >= 0.6 is 11.6 Å². The predicted octanol–water partition coefficient (Wildman–Crippen LogP) is 5.25. The molecule has 0 spiro atoms. The lowest BCUT2D eigenvalue weighted by Crippen LogP contribution is -2.37. The highest BCUT2D eigenvalue weighted by atomic mass is 35.5. The lowest BCUT2D eigenvalue weighted by atomic mass is 9.92. The summed E-state index contributed by atoms with van der Waals surface area (Å²) in [6, 6.07) is 18.3. The minimum atomic E-state index is -0.0751. The Labute approximate surface area is 180 Å². The lowest BCUT2D eigenvalue weighted by molar-refractivity contribution is 0.625. The van der Waals surface area contributed by atoms with Gasteiger partial charge < -0.3 is 9.88 Å². The quantitative estimate of drug-likeness (QED) is 0.487. The average molecular weight is 414 g/mol. The van der Waals surface area contributed by atoms with Crippen molar-refractivity contribution in [3.8, 4) is 6.07 Å². The predicted molar refractivity (Wildman–Crippen MR) is 119 cm³/mol. The van der Waals surface area contributed by atoms with Crippen molar-refractivity contribution in [2.24, 2.45) is 0 Å². The van der Waals surface area contributed by atoms with E-state index in [1.54, 1.807) is 6.07 Å². The third kappa shape index (κ3) is 3.10. The van der Waals surface area contributed by atoms with E-state index in [4.69, 9.17) is 11.6 Å². The molecule has 6 heteroatoms. The first kappa shape index (κ1) is 18.7.